The number of fused-ring (bicyclic) bond motifs is 1. The lowest BCUT2D eigenvalue weighted by Crippen LogP contribution is -2.50. The second-order valence-electron chi connectivity index (χ2n) is 4.53. The number of nitrogens with two attached hydrogens (primary N) is 1. The van der Waals surface area contributed by atoms with Crippen molar-refractivity contribution in [2.45, 2.75) is 5.03 Å². The Morgan fingerprint density at radius 1 is 1.38 bits per heavy atom. The molecule has 1 aliphatic rings. The average molecular weight is 310 g/mol. The van der Waals surface area contributed by atoms with E-state index in [1.54, 1.807) is 24.4 Å². The van der Waals surface area contributed by atoms with Gasteiger partial charge in [-0.1, -0.05) is 6.07 Å². The Kier molecular flexibility index (Phi) is 3.27. The largest absolute Gasteiger partial charge is 0.354 e. The van der Waals surface area contributed by atoms with E-state index in [2.05, 4.69) is 15.7 Å². The summed E-state index contributed by atoms with van der Waals surface area (Å²) in [4.78, 5) is 15.6. The molecule has 2 aromatic rings. The van der Waals surface area contributed by atoms with Gasteiger partial charge >= 0.3 is 0 Å². The maximum absolute atomic E-state index is 12.8. The minimum atomic E-state index is -3.89. The summed E-state index contributed by atoms with van der Waals surface area (Å²) in [5.74, 6) is 5.10. The predicted octanol–water partition coefficient (Wildman–Crippen LogP) is -1.26. The van der Waals surface area contributed by atoms with Gasteiger partial charge in [0, 0.05) is 19.3 Å². The first kappa shape index (κ1) is 13.8. The molecule has 3 rings (SSSR count). The Hall–Kier alpha value is -2.17. The molecule has 4 N–H and O–H groups in total. The monoisotopic (exact) mass is 310 g/mol. The van der Waals surface area contributed by atoms with E-state index < -0.39 is 10.0 Å². The first-order chi connectivity index (χ1) is 10.0. The van der Waals surface area contributed by atoms with Crippen LogP contribution >= 0.6 is 0 Å². The highest BCUT2D eigenvalue weighted by Crippen LogP contribution is 2.25. The number of rotatable bonds is 3. The molecule has 2 aromatic heterocycles. The van der Waals surface area contributed by atoms with Crippen LogP contribution in [-0.4, -0.2) is 47.6 Å². The van der Waals surface area contributed by atoms with Gasteiger partial charge < -0.3 is 10.7 Å². The molecule has 3 heterocycles. The molecule has 10 heteroatoms. The van der Waals surface area contributed by atoms with E-state index >= 15 is 0 Å². The van der Waals surface area contributed by atoms with E-state index in [4.69, 9.17) is 5.84 Å². The highest BCUT2D eigenvalue weighted by atomic mass is 32.2. The van der Waals surface area contributed by atoms with Crippen molar-refractivity contribution in [3.63, 3.8) is 0 Å². The molecule has 112 valence electrons. The first-order valence-electron chi connectivity index (χ1n) is 6.24. The van der Waals surface area contributed by atoms with Crippen LogP contribution in [0.25, 0.3) is 5.65 Å². The summed E-state index contributed by atoms with van der Waals surface area (Å²) in [6.45, 7) is 0.269. The first-order valence-corrected chi connectivity index (χ1v) is 7.68. The standard InChI is InChI=1S/C11H14N6O3S/c12-15-10-11(17-5-2-1-3-8(17)14-10)21(19,20)16-6-4-13-9(18)7-16/h1-3,5,15H,4,6-7,12H2,(H,13,18). The van der Waals surface area contributed by atoms with E-state index in [0.29, 0.717) is 5.65 Å². The minimum Gasteiger partial charge on any atom is -0.354 e. The lowest BCUT2D eigenvalue weighted by molar-refractivity contribution is -0.122. The Morgan fingerprint density at radius 2 is 2.19 bits per heavy atom. The number of imidazole rings is 1. The normalized spacial score (nSPS) is 16.9. The Balaban J connectivity index is 2.16. The third-order valence-electron chi connectivity index (χ3n) is 3.21. The van der Waals surface area contributed by atoms with Crippen molar-refractivity contribution in [3.8, 4) is 0 Å². The molecule has 0 aliphatic carbocycles. The van der Waals surface area contributed by atoms with Crippen LogP contribution in [0, 0.1) is 0 Å². The highest BCUT2D eigenvalue weighted by Gasteiger charge is 2.34. The smallest absolute Gasteiger partial charge is 0.263 e. The van der Waals surface area contributed by atoms with E-state index in [9.17, 15) is 13.2 Å². The molecule has 1 saturated heterocycles. The zero-order valence-corrected chi connectivity index (χ0v) is 11.8. The topological polar surface area (TPSA) is 122 Å². The van der Waals surface area contributed by atoms with Gasteiger partial charge in [0.05, 0.1) is 6.54 Å². The number of hydrogen-bond acceptors (Lipinski definition) is 6. The zero-order valence-electron chi connectivity index (χ0n) is 11.0. The lowest BCUT2D eigenvalue weighted by Gasteiger charge is -2.25. The Labute approximate surface area is 120 Å². The van der Waals surface area contributed by atoms with Crippen LogP contribution in [0.2, 0.25) is 0 Å². The van der Waals surface area contributed by atoms with Gasteiger partial charge in [-0.25, -0.2) is 19.2 Å². The summed E-state index contributed by atoms with van der Waals surface area (Å²) >= 11 is 0. The van der Waals surface area contributed by atoms with Gasteiger partial charge in [0.2, 0.25) is 10.9 Å². The summed E-state index contributed by atoms with van der Waals surface area (Å²) in [7, 11) is -3.89. The molecular formula is C11H14N6O3S. The number of nitrogens with zero attached hydrogens (tertiary/aromatic N) is 3. The number of pyridine rings is 1. The molecule has 0 unspecified atom stereocenters. The van der Waals surface area contributed by atoms with Crippen molar-refractivity contribution in [2.24, 2.45) is 5.84 Å². The molecule has 1 amide bonds. The highest BCUT2D eigenvalue weighted by molar-refractivity contribution is 7.89. The quantitative estimate of drug-likeness (QED) is 0.480. The van der Waals surface area contributed by atoms with Crippen molar-refractivity contribution in [3.05, 3.63) is 24.4 Å². The number of carbonyl (C=O) groups is 1. The summed E-state index contributed by atoms with van der Waals surface area (Å²) in [6.07, 6.45) is 1.58. The van der Waals surface area contributed by atoms with E-state index in [0.717, 1.165) is 4.31 Å². The molecule has 0 spiro atoms. The summed E-state index contributed by atoms with van der Waals surface area (Å²) in [5.41, 5.74) is 2.75. The van der Waals surface area contributed by atoms with Crippen LogP contribution in [0.1, 0.15) is 0 Å². The summed E-state index contributed by atoms with van der Waals surface area (Å²) < 4.78 is 28.1. The van der Waals surface area contributed by atoms with Crippen molar-refractivity contribution in [1.82, 2.24) is 19.0 Å². The maximum atomic E-state index is 12.8. The number of nitrogens with one attached hydrogen (secondary N) is 2. The summed E-state index contributed by atoms with van der Waals surface area (Å²) in [5, 5.41) is 2.51. The van der Waals surface area contributed by atoms with Crippen LogP contribution in [0.4, 0.5) is 5.82 Å². The van der Waals surface area contributed by atoms with Crippen molar-refractivity contribution in [2.75, 3.05) is 25.1 Å². The number of hydrazine groups is 1. The Morgan fingerprint density at radius 3 is 2.90 bits per heavy atom. The van der Waals surface area contributed by atoms with Gasteiger partial charge in [-0.2, -0.15) is 4.31 Å². The summed E-state index contributed by atoms with van der Waals surface area (Å²) in [6, 6.07) is 5.10. The van der Waals surface area contributed by atoms with Gasteiger partial charge in [-0.3, -0.25) is 9.20 Å². The molecule has 0 saturated carbocycles. The number of sulfonamides is 1. The van der Waals surface area contributed by atoms with Gasteiger partial charge in [-0.05, 0) is 12.1 Å². The van der Waals surface area contributed by atoms with Crippen molar-refractivity contribution in [1.29, 1.82) is 0 Å². The van der Waals surface area contributed by atoms with Crippen molar-refractivity contribution < 1.29 is 13.2 Å². The van der Waals surface area contributed by atoms with Gasteiger partial charge in [0.1, 0.15) is 5.65 Å². The second-order valence-corrected chi connectivity index (χ2v) is 6.38. The number of carbonyl (C=O) groups excluding carboxylic acids is 1. The molecule has 0 radical (unpaired) electrons. The Bertz CT molecular complexity index is 799. The number of piperazine rings is 1. The van der Waals surface area contributed by atoms with E-state index in [1.807, 2.05) is 0 Å². The number of nitrogen functional groups attached to an aromatic ring is 1. The number of anilines is 1. The minimum absolute atomic E-state index is 0.0483. The molecule has 0 aromatic carbocycles. The predicted molar refractivity (Wildman–Crippen MR) is 74.8 cm³/mol. The molecule has 1 fully saturated rings. The third-order valence-corrected chi connectivity index (χ3v) is 5.08. The molecule has 0 atom stereocenters. The molecule has 0 bridgehead atoms. The molecule has 1 aliphatic heterocycles. The van der Waals surface area contributed by atoms with Crippen LogP contribution in [-0.2, 0) is 14.8 Å². The fourth-order valence-corrected chi connectivity index (χ4v) is 3.87. The van der Waals surface area contributed by atoms with E-state index in [-0.39, 0.29) is 36.4 Å². The lowest BCUT2D eigenvalue weighted by atomic mass is 10.4. The van der Waals surface area contributed by atoms with E-state index in [1.165, 1.54) is 4.40 Å². The third kappa shape index (κ3) is 2.22. The fourth-order valence-electron chi connectivity index (χ4n) is 2.26. The average Bonchev–Trinajstić information content (AvgIpc) is 2.86. The number of aromatic nitrogens is 2. The van der Waals surface area contributed by atoms with Gasteiger partial charge in [0.15, 0.2) is 5.82 Å². The SMILES string of the molecule is NNc1nc2ccccn2c1S(=O)(=O)N1CCNC(=O)C1. The zero-order chi connectivity index (χ0) is 15.0. The number of hydrogen-bond donors (Lipinski definition) is 3. The van der Waals surface area contributed by atoms with Crippen LogP contribution in [0.5, 0.6) is 0 Å². The van der Waals surface area contributed by atoms with Crippen LogP contribution in [0.15, 0.2) is 29.4 Å². The van der Waals surface area contributed by atoms with Crippen molar-refractivity contribution >= 4 is 27.4 Å². The maximum Gasteiger partial charge on any atom is 0.263 e. The van der Waals surface area contributed by atoms with Gasteiger partial charge in [0.25, 0.3) is 10.0 Å². The second kappa shape index (κ2) is 4.98. The van der Waals surface area contributed by atoms with Gasteiger partial charge in [-0.15, -0.1) is 0 Å². The van der Waals surface area contributed by atoms with Crippen LogP contribution < -0.4 is 16.6 Å². The molecular weight excluding hydrogens is 296 g/mol. The number of amides is 1. The fraction of sp³-hybridized carbons (Fsp3) is 0.273. The van der Waals surface area contributed by atoms with Crippen LogP contribution in [0.3, 0.4) is 0 Å². The molecule has 21 heavy (non-hydrogen) atoms. The molecule has 9 nitrogen and oxygen atoms in total.